The Morgan fingerprint density at radius 3 is 0.887 bits per heavy atom. The average molecular weight is 1000 g/mol. The number of carbonyl (C=O) groups excluding carboxylic acids is 1. The summed E-state index contributed by atoms with van der Waals surface area (Å²) < 4.78 is 0. The van der Waals surface area contributed by atoms with Crippen molar-refractivity contribution in [3.63, 3.8) is 0 Å². The molecule has 0 aromatic carbocycles. The fourth-order valence-electron chi connectivity index (χ4n) is 10.1. The molecule has 6 heteroatoms. The molecule has 0 fully saturated rings. The molecule has 0 radical (unpaired) electrons. The normalized spacial score (nSPS) is 13.8. The van der Waals surface area contributed by atoms with E-state index in [1.807, 2.05) is 0 Å². The van der Waals surface area contributed by atoms with E-state index in [2.05, 4.69) is 55.6 Å². The number of hydrogen-bond acceptors (Lipinski definition) is 5. The second-order valence-electron chi connectivity index (χ2n) is 22.1. The van der Waals surface area contributed by atoms with Crippen LogP contribution in [0.4, 0.5) is 0 Å². The molecule has 4 atom stereocenters. The predicted octanol–water partition coefficient (Wildman–Crippen LogP) is 19.1. The van der Waals surface area contributed by atoms with Crippen molar-refractivity contribution in [2.24, 2.45) is 0 Å². The standard InChI is InChI=1S/C65H125NO5/c1-3-5-7-9-11-13-15-17-19-21-23-25-27-29-31-32-33-35-36-38-40-42-44-46-48-50-52-54-56-58-62(68)64(70)61(60-67)66-65(71)63(69)59-57-55-53-51-49-47-45-43-41-39-37-34-30-28-26-24-22-20-18-16-14-12-10-8-6-4-2/h30,34,42,44,50,52,61-64,67-70H,3-29,31-33,35-41,43,45-49,51,53-60H2,1-2H3,(H,66,71)/b34-30-,44-42+,52-50+. The van der Waals surface area contributed by atoms with Crippen molar-refractivity contribution >= 4 is 5.91 Å². The van der Waals surface area contributed by atoms with Gasteiger partial charge in [0.15, 0.2) is 0 Å². The minimum atomic E-state index is -1.29. The van der Waals surface area contributed by atoms with Crippen LogP contribution in [0.25, 0.3) is 0 Å². The largest absolute Gasteiger partial charge is 0.394 e. The Balaban J connectivity index is 3.64. The van der Waals surface area contributed by atoms with Gasteiger partial charge in [0, 0.05) is 0 Å². The zero-order chi connectivity index (χ0) is 51.6. The summed E-state index contributed by atoms with van der Waals surface area (Å²) in [7, 11) is 0. The van der Waals surface area contributed by atoms with Crippen LogP contribution >= 0.6 is 0 Å². The Bertz CT molecular complexity index is 1120. The first-order chi connectivity index (χ1) is 35.0. The van der Waals surface area contributed by atoms with Gasteiger partial charge in [-0.15, -0.1) is 0 Å². The van der Waals surface area contributed by atoms with Gasteiger partial charge in [-0.25, -0.2) is 0 Å². The van der Waals surface area contributed by atoms with Crippen molar-refractivity contribution in [1.29, 1.82) is 0 Å². The SMILES string of the molecule is CCCCCCCCCCCCCC/C=C\CCCCCCCCCCCCC(O)C(=O)NC(CO)C(O)C(O)CCC/C=C/CC/C=C/CCCCCCCCCCCCCCCCCCCCCC. The van der Waals surface area contributed by atoms with Crippen LogP contribution in [0.5, 0.6) is 0 Å². The zero-order valence-electron chi connectivity index (χ0n) is 47.7. The van der Waals surface area contributed by atoms with Crippen LogP contribution in [0.1, 0.15) is 341 Å². The van der Waals surface area contributed by atoms with Crippen LogP contribution in [-0.4, -0.2) is 57.3 Å². The van der Waals surface area contributed by atoms with Gasteiger partial charge in [0.05, 0.1) is 18.8 Å². The van der Waals surface area contributed by atoms with Gasteiger partial charge in [0.1, 0.15) is 12.2 Å². The number of hydrogen-bond donors (Lipinski definition) is 5. The smallest absolute Gasteiger partial charge is 0.249 e. The molecule has 0 bridgehead atoms. The first-order valence-corrected chi connectivity index (χ1v) is 31.9. The summed E-state index contributed by atoms with van der Waals surface area (Å²) in [6.45, 7) is 4.08. The van der Waals surface area contributed by atoms with Crippen LogP contribution in [0.2, 0.25) is 0 Å². The van der Waals surface area contributed by atoms with E-state index >= 15 is 0 Å². The van der Waals surface area contributed by atoms with Gasteiger partial charge >= 0.3 is 0 Å². The molecule has 420 valence electrons. The molecule has 0 aliphatic carbocycles. The van der Waals surface area contributed by atoms with Gasteiger partial charge in [0.2, 0.25) is 5.91 Å². The van der Waals surface area contributed by atoms with E-state index in [1.165, 1.54) is 270 Å². The number of allylic oxidation sites excluding steroid dienone is 6. The molecule has 0 aromatic heterocycles. The van der Waals surface area contributed by atoms with Crippen molar-refractivity contribution in [3.8, 4) is 0 Å². The molecule has 0 aliphatic heterocycles. The van der Waals surface area contributed by atoms with Crippen LogP contribution in [-0.2, 0) is 4.79 Å². The first kappa shape index (κ1) is 69.5. The van der Waals surface area contributed by atoms with Crippen molar-refractivity contribution in [2.75, 3.05) is 6.61 Å². The van der Waals surface area contributed by atoms with E-state index < -0.39 is 36.9 Å². The first-order valence-electron chi connectivity index (χ1n) is 31.9. The minimum absolute atomic E-state index is 0.359. The Hall–Kier alpha value is -1.47. The van der Waals surface area contributed by atoms with Crippen molar-refractivity contribution in [1.82, 2.24) is 5.32 Å². The molecule has 0 rings (SSSR count). The lowest BCUT2D eigenvalue weighted by Crippen LogP contribution is -2.53. The van der Waals surface area contributed by atoms with Gasteiger partial charge in [-0.2, -0.15) is 0 Å². The molecular formula is C65H125NO5. The highest BCUT2D eigenvalue weighted by Crippen LogP contribution is 2.18. The van der Waals surface area contributed by atoms with Gasteiger partial charge in [-0.1, -0.05) is 301 Å². The van der Waals surface area contributed by atoms with Crippen molar-refractivity contribution < 1.29 is 25.2 Å². The maximum absolute atomic E-state index is 12.6. The minimum Gasteiger partial charge on any atom is -0.394 e. The molecule has 0 heterocycles. The highest BCUT2D eigenvalue weighted by molar-refractivity contribution is 5.80. The number of aliphatic hydroxyl groups excluding tert-OH is 4. The van der Waals surface area contributed by atoms with E-state index in [0.717, 1.165) is 38.5 Å². The molecule has 0 spiro atoms. The summed E-state index contributed by atoms with van der Waals surface area (Å²) in [5, 5.41) is 44.1. The third kappa shape index (κ3) is 53.2. The lowest BCUT2D eigenvalue weighted by atomic mass is 10.00. The number of amides is 1. The Kier molecular flexibility index (Phi) is 58.2. The Labute approximate surface area is 443 Å². The fourth-order valence-corrected chi connectivity index (χ4v) is 10.1. The van der Waals surface area contributed by atoms with Crippen LogP contribution in [0.15, 0.2) is 36.5 Å². The quantitative estimate of drug-likeness (QED) is 0.0308. The molecule has 6 nitrogen and oxygen atoms in total. The highest BCUT2D eigenvalue weighted by atomic mass is 16.3. The second kappa shape index (κ2) is 59.4. The lowest BCUT2D eigenvalue weighted by Gasteiger charge is -2.27. The topological polar surface area (TPSA) is 110 Å². The average Bonchev–Trinajstić information content (AvgIpc) is 3.38. The lowest BCUT2D eigenvalue weighted by molar-refractivity contribution is -0.132. The summed E-state index contributed by atoms with van der Waals surface area (Å²) >= 11 is 0. The summed E-state index contributed by atoms with van der Waals surface area (Å²) in [4.78, 5) is 12.6. The molecule has 1 amide bonds. The molecule has 0 aliphatic rings. The maximum Gasteiger partial charge on any atom is 0.249 e. The van der Waals surface area contributed by atoms with Crippen molar-refractivity contribution in [3.05, 3.63) is 36.5 Å². The zero-order valence-corrected chi connectivity index (χ0v) is 47.7. The monoisotopic (exact) mass is 1000 g/mol. The molecule has 0 aromatic rings. The Morgan fingerprint density at radius 1 is 0.338 bits per heavy atom. The van der Waals surface area contributed by atoms with E-state index in [4.69, 9.17) is 0 Å². The summed E-state index contributed by atoms with van der Waals surface area (Å²) in [5.41, 5.74) is 0. The van der Waals surface area contributed by atoms with Gasteiger partial charge in [-0.3, -0.25) is 4.79 Å². The van der Waals surface area contributed by atoms with E-state index in [-0.39, 0.29) is 0 Å². The molecule has 0 saturated heterocycles. The number of aliphatic hydroxyl groups is 4. The van der Waals surface area contributed by atoms with Crippen LogP contribution < -0.4 is 5.32 Å². The molecule has 4 unspecified atom stereocenters. The number of unbranched alkanes of at least 4 members (excludes halogenated alkanes) is 44. The van der Waals surface area contributed by atoms with Gasteiger partial charge in [-0.05, 0) is 77.0 Å². The fraction of sp³-hybridized carbons (Fsp3) is 0.892. The third-order valence-electron chi connectivity index (χ3n) is 15.1. The number of carbonyl (C=O) groups is 1. The van der Waals surface area contributed by atoms with Crippen LogP contribution in [0, 0.1) is 0 Å². The predicted molar refractivity (Wildman–Crippen MR) is 311 cm³/mol. The summed E-state index contributed by atoms with van der Waals surface area (Å²) in [6.07, 6.45) is 75.3. The third-order valence-corrected chi connectivity index (χ3v) is 15.1. The van der Waals surface area contributed by atoms with Gasteiger partial charge in [0.25, 0.3) is 0 Å². The number of nitrogens with one attached hydrogen (secondary N) is 1. The summed E-state index contributed by atoms with van der Waals surface area (Å²) in [6, 6.07) is -1.01. The van der Waals surface area contributed by atoms with E-state index in [9.17, 15) is 25.2 Å². The maximum atomic E-state index is 12.6. The van der Waals surface area contributed by atoms with Gasteiger partial charge < -0.3 is 25.7 Å². The molecule has 5 N–H and O–H groups in total. The molecular weight excluding hydrogens is 875 g/mol. The summed E-state index contributed by atoms with van der Waals surface area (Å²) in [5.74, 6) is -0.594. The van der Waals surface area contributed by atoms with E-state index in [1.54, 1.807) is 0 Å². The molecule has 0 saturated carbocycles. The van der Waals surface area contributed by atoms with E-state index in [0.29, 0.717) is 19.3 Å². The molecule has 71 heavy (non-hydrogen) atoms. The van der Waals surface area contributed by atoms with Crippen LogP contribution in [0.3, 0.4) is 0 Å². The highest BCUT2D eigenvalue weighted by Gasteiger charge is 2.28. The second-order valence-corrected chi connectivity index (χ2v) is 22.1. The number of rotatable bonds is 59. The van der Waals surface area contributed by atoms with Crippen molar-refractivity contribution in [2.45, 2.75) is 366 Å². The Morgan fingerprint density at radius 2 is 0.592 bits per heavy atom.